The molecular formula is C19H16F3NO4. The molecule has 0 aliphatic heterocycles. The normalized spacial score (nSPS) is 11.6. The molecule has 0 aliphatic rings. The molecule has 0 spiro atoms. The van der Waals surface area contributed by atoms with Crippen LogP contribution in [-0.4, -0.2) is 36.5 Å². The maximum Gasteiger partial charge on any atom is 0.393 e. The number of hydrogen-bond acceptors (Lipinski definition) is 3. The molecule has 8 heteroatoms. The van der Waals surface area contributed by atoms with E-state index in [2.05, 4.69) is 4.98 Å². The first-order valence-corrected chi connectivity index (χ1v) is 7.90. The van der Waals surface area contributed by atoms with Gasteiger partial charge in [0.15, 0.2) is 11.5 Å². The largest absolute Gasteiger partial charge is 0.493 e. The lowest BCUT2D eigenvalue weighted by atomic mass is 10.0. The Morgan fingerprint density at radius 3 is 2.37 bits per heavy atom. The summed E-state index contributed by atoms with van der Waals surface area (Å²) >= 11 is 0. The highest BCUT2D eigenvalue weighted by atomic mass is 19.4. The number of aromatic amines is 1. The number of alkyl halides is 3. The fourth-order valence-corrected chi connectivity index (χ4v) is 3.00. The third kappa shape index (κ3) is 3.69. The Hall–Kier alpha value is -3.16. The zero-order valence-corrected chi connectivity index (χ0v) is 14.5. The summed E-state index contributed by atoms with van der Waals surface area (Å²) in [5.41, 5.74) is 1.05. The number of ether oxygens (including phenoxy) is 2. The molecule has 0 saturated carbocycles. The standard InChI is InChI=1S/C19H16F3NO4/c1-26-15-6-4-10(8-16(15)27-2)17-13(9-19(20,21)22)12-7-11(18(24)25)3-5-14(12)23-17/h3-8,23H,9H2,1-2H3,(H,24,25). The minimum absolute atomic E-state index is 0.0205. The molecule has 2 aromatic carbocycles. The highest BCUT2D eigenvalue weighted by Gasteiger charge is 2.31. The Balaban J connectivity index is 2.25. The molecule has 0 atom stereocenters. The number of carbonyl (C=O) groups is 1. The molecule has 3 aromatic rings. The van der Waals surface area contributed by atoms with Crippen molar-refractivity contribution < 1.29 is 32.5 Å². The van der Waals surface area contributed by atoms with Gasteiger partial charge in [-0.05, 0) is 42.0 Å². The summed E-state index contributed by atoms with van der Waals surface area (Å²) < 4.78 is 50.0. The summed E-state index contributed by atoms with van der Waals surface area (Å²) in [5.74, 6) is -0.385. The van der Waals surface area contributed by atoms with Gasteiger partial charge in [0.25, 0.3) is 0 Å². The summed E-state index contributed by atoms with van der Waals surface area (Å²) in [6, 6.07) is 8.84. The van der Waals surface area contributed by atoms with Crippen LogP contribution in [0.5, 0.6) is 11.5 Å². The Morgan fingerprint density at radius 1 is 1.07 bits per heavy atom. The van der Waals surface area contributed by atoms with E-state index in [1.807, 2.05) is 0 Å². The Morgan fingerprint density at radius 2 is 1.78 bits per heavy atom. The number of aromatic carboxylic acids is 1. The summed E-state index contributed by atoms with van der Waals surface area (Å²) in [6.07, 6.45) is -5.65. The molecule has 0 fully saturated rings. The second kappa shape index (κ2) is 6.86. The van der Waals surface area contributed by atoms with Crippen LogP contribution in [-0.2, 0) is 6.42 Å². The average Bonchev–Trinajstić information content (AvgIpc) is 2.97. The first kappa shape index (κ1) is 18.6. The van der Waals surface area contributed by atoms with Crippen LogP contribution in [0.3, 0.4) is 0 Å². The van der Waals surface area contributed by atoms with Gasteiger partial charge in [0.2, 0.25) is 0 Å². The molecule has 142 valence electrons. The van der Waals surface area contributed by atoms with Gasteiger partial charge >= 0.3 is 12.1 Å². The van der Waals surface area contributed by atoms with Gasteiger partial charge in [0, 0.05) is 16.5 Å². The number of carboxylic acids is 1. The van der Waals surface area contributed by atoms with Crippen molar-refractivity contribution in [2.45, 2.75) is 12.6 Å². The van der Waals surface area contributed by atoms with Crippen molar-refractivity contribution in [3.05, 3.63) is 47.5 Å². The van der Waals surface area contributed by atoms with E-state index in [1.54, 1.807) is 18.2 Å². The summed E-state index contributed by atoms with van der Waals surface area (Å²) in [5, 5.41) is 9.37. The molecule has 27 heavy (non-hydrogen) atoms. The van der Waals surface area contributed by atoms with E-state index < -0.39 is 18.6 Å². The molecule has 5 nitrogen and oxygen atoms in total. The van der Waals surface area contributed by atoms with Crippen molar-refractivity contribution in [1.29, 1.82) is 0 Å². The molecular weight excluding hydrogens is 363 g/mol. The van der Waals surface area contributed by atoms with Crippen molar-refractivity contribution in [2.24, 2.45) is 0 Å². The SMILES string of the molecule is COc1ccc(-c2[nH]c3ccc(C(=O)O)cc3c2CC(F)(F)F)cc1OC. The summed E-state index contributed by atoms with van der Waals surface area (Å²) in [6.45, 7) is 0. The Kier molecular flexibility index (Phi) is 4.73. The lowest BCUT2D eigenvalue weighted by Gasteiger charge is -2.11. The zero-order valence-electron chi connectivity index (χ0n) is 14.5. The fourth-order valence-electron chi connectivity index (χ4n) is 3.00. The van der Waals surface area contributed by atoms with Crippen molar-refractivity contribution in [3.63, 3.8) is 0 Å². The molecule has 0 saturated heterocycles. The second-order valence-corrected chi connectivity index (χ2v) is 5.91. The van der Waals surface area contributed by atoms with E-state index in [9.17, 15) is 18.0 Å². The van der Waals surface area contributed by atoms with Gasteiger partial charge in [-0.1, -0.05) is 0 Å². The maximum absolute atomic E-state index is 13.2. The van der Waals surface area contributed by atoms with E-state index in [0.29, 0.717) is 22.6 Å². The molecule has 0 radical (unpaired) electrons. The van der Waals surface area contributed by atoms with Crippen LogP contribution in [0.4, 0.5) is 13.2 Å². The van der Waals surface area contributed by atoms with E-state index in [1.165, 1.54) is 32.4 Å². The van der Waals surface area contributed by atoms with Crippen LogP contribution in [0.1, 0.15) is 15.9 Å². The Labute approximate surface area is 152 Å². The fraction of sp³-hybridized carbons (Fsp3) is 0.211. The molecule has 1 aromatic heterocycles. The maximum atomic E-state index is 13.2. The van der Waals surface area contributed by atoms with E-state index in [-0.39, 0.29) is 22.2 Å². The molecule has 3 rings (SSSR count). The van der Waals surface area contributed by atoms with Gasteiger partial charge in [0.1, 0.15) is 0 Å². The van der Waals surface area contributed by atoms with Crippen molar-refractivity contribution >= 4 is 16.9 Å². The van der Waals surface area contributed by atoms with Crippen LogP contribution in [0.15, 0.2) is 36.4 Å². The van der Waals surface area contributed by atoms with Gasteiger partial charge in [-0.2, -0.15) is 13.2 Å². The summed E-state index contributed by atoms with van der Waals surface area (Å²) in [7, 11) is 2.89. The number of H-pyrrole nitrogens is 1. The zero-order chi connectivity index (χ0) is 19.8. The smallest absolute Gasteiger partial charge is 0.393 e. The third-order valence-corrected chi connectivity index (χ3v) is 4.20. The first-order chi connectivity index (χ1) is 12.7. The molecule has 2 N–H and O–H groups in total. The van der Waals surface area contributed by atoms with Crippen LogP contribution < -0.4 is 9.47 Å². The van der Waals surface area contributed by atoms with Crippen LogP contribution >= 0.6 is 0 Å². The average molecular weight is 379 g/mol. The quantitative estimate of drug-likeness (QED) is 0.677. The Bertz CT molecular complexity index is 1010. The number of halogens is 3. The summed E-state index contributed by atoms with van der Waals surface area (Å²) in [4.78, 5) is 14.2. The molecule has 0 unspecified atom stereocenters. The topological polar surface area (TPSA) is 71.6 Å². The van der Waals surface area contributed by atoms with Gasteiger partial charge in [-0.25, -0.2) is 4.79 Å². The highest BCUT2D eigenvalue weighted by molar-refractivity contribution is 5.97. The number of fused-ring (bicyclic) bond motifs is 1. The van der Waals surface area contributed by atoms with Gasteiger partial charge < -0.3 is 19.6 Å². The van der Waals surface area contributed by atoms with Crippen molar-refractivity contribution in [2.75, 3.05) is 14.2 Å². The van der Waals surface area contributed by atoms with Crippen LogP contribution in [0, 0.1) is 0 Å². The minimum Gasteiger partial charge on any atom is -0.493 e. The highest BCUT2D eigenvalue weighted by Crippen LogP contribution is 2.38. The van der Waals surface area contributed by atoms with E-state index in [0.717, 1.165) is 0 Å². The number of hydrogen-bond donors (Lipinski definition) is 2. The molecule has 1 heterocycles. The number of nitrogens with one attached hydrogen (secondary N) is 1. The van der Waals surface area contributed by atoms with Gasteiger partial charge in [0.05, 0.1) is 31.9 Å². The number of aromatic nitrogens is 1. The van der Waals surface area contributed by atoms with Gasteiger partial charge in [-0.3, -0.25) is 0 Å². The number of carboxylic acid groups (broad SMARTS) is 1. The lowest BCUT2D eigenvalue weighted by molar-refractivity contribution is -0.126. The minimum atomic E-state index is -4.46. The van der Waals surface area contributed by atoms with Crippen LogP contribution in [0.25, 0.3) is 22.2 Å². The number of rotatable bonds is 5. The predicted molar refractivity (Wildman–Crippen MR) is 93.6 cm³/mol. The van der Waals surface area contributed by atoms with Crippen LogP contribution in [0.2, 0.25) is 0 Å². The molecule has 0 bridgehead atoms. The third-order valence-electron chi connectivity index (χ3n) is 4.20. The van der Waals surface area contributed by atoms with Crippen molar-refractivity contribution in [1.82, 2.24) is 4.98 Å². The number of methoxy groups -OCH3 is 2. The number of benzene rings is 2. The van der Waals surface area contributed by atoms with E-state index >= 15 is 0 Å². The van der Waals surface area contributed by atoms with E-state index in [4.69, 9.17) is 14.6 Å². The second-order valence-electron chi connectivity index (χ2n) is 5.91. The predicted octanol–water partition coefficient (Wildman–Crippen LogP) is 4.66. The van der Waals surface area contributed by atoms with Gasteiger partial charge in [-0.15, -0.1) is 0 Å². The molecule has 0 aliphatic carbocycles. The monoisotopic (exact) mass is 379 g/mol. The van der Waals surface area contributed by atoms with Crippen molar-refractivity contribution in [3.8, 4) is 22.8 Å². The molecule has 0 amide bonds. The lowest BCUT2D eigenvalue weighted by Crippen LogP contribution is -2.12. The first-order valence-electron chi connectivity index (χ1n) is 7.90.